The quantitative estimate of drug-likeness (QED) is 0.522. The number of rotatable bonds is 6. The van der Waals surface area contributed by atoms with E-state index in [2.05, 4.69) is 24.3 Å². The molecule has 2 aliphatic rings. The topological polar surface area (TPSA) is 57.2 Å². The zero-order chi connectivity index (χ0) is 25.1. The first-order chi connectivity index (χ1) is 16.7. The Kier molecular flexibility index (Phi) is 7.72. The number of ether oxygens (including phenoxy) is 4. The van der Waals surface area contributed by atoms with E-state index in [4.69, 9.17) is 18.9 Å². The van der Waals surface area contributed by atoms with Gasteiger partial charge in [-0.1, -0.05) is 30.3 Å². The summed E-state index contributed by atoms with van der Waals surface area (Å²) in [5, 5.41) is 0. The summed E-state index contributed by atoms with van der Waals surface area (Å²) in [5.41, 5.74) is 1.19. The number of methoxy groups -OCH3 is 1. The fourth-order valence-corrected chi connectivity index (χ4v) is 5.21. The van der Waals surface area contributed by atoms with E-state index in [0.29, 0.717) is 36.8 Å². The molecule has 2 aromatic carbocycles. The lowest BCUT2D eigenvalue weighted by Crippen LogP contribution is -2.52. The first-order valence-electron chi connectivity index (χ1n) is 12.7. The van der Waals surface area contributed by atoms with Crippen LogP contribution in [0.15, 0.2) is 48.5 Å². The summed E-state index contributed by atoms with van der Waals surface area (Å²) in [6.07, 6.45) is 3.52. The van der Waals surface area contributed by atoms with E-state index in [1.807, 2.05) is 50.8 Å². The lowest BCUT2D eigenvalue weighted by atomic mass is 9.80. The predicted molar refractivity (Wildman–Crippen MR) is 136 cm³/mol. The Bertz CT molecular complexity index is 992. The highest BCUT2D eigenvalue weighted by Gasteiger charge is 2.45. The molecule has 2 fully saturated rings. The molecule has 0 bridgehead atoms. The number of benzene rings is 2. The largest absolute Gasteiger partial charge is 0.493 e. The summed E-state index contributed by atoms with van der Waals surface area (Å²) in [6.45, 7) is 10.0. The van der Waals surface area contributed by atoms with Gasteiger partial charge in [0.25, 0.3) is 5.91 Å². The lowest BCUT2D eigenvalue weighted by Gasteiger charge is -2.48. The van der Waals surface area contributed by atoms with Crippen LogP contribution in [-0.2, 0) is 9.47 Å². The van der Waals surface area contributed by atoms with E-state index in [9.17, 15) is 4.79 Å². The molecule has 2 aromatic rings. The number of nitrogens with zero attached hydrogens (tertiary/aromatic N) is 1. The van der Waals surface area contributed by atoms with Gasteiger partial charge in [0.1, 0.15) is 5.60 Å². The summed E-state index contributed by atoms with van der Waals surface area (Å²) in [5.74, 6) is 1.22. The van der Waals surface area contributed by atoms with E-state index in [0.717, 1.165) is 25.7 Å². The van der Waals surface area contributed by atoms with E-state index in [1.54, 1.807) is 13.2 Å². The van der Waals surface area contributed by atoms with Crippen LogP contribution in [0.3, 0.4) is 0 Å². The molecule has 2 aliphatic heterocycles. The van der Waals surface area contributed by atoms with E-state index in [1.165, 1.54) is 5.56 Å². The molecule has 1 spiro atoms. The Labute approximate surface area is 209 Å². The van der Waals surface area contributed by atoms with Gasteiger partial charge in [-0.2, -0.15) is 0 Å². The van der Waals surface area contributed by atoms with Crippen LogP contribution < -0.4 is 9.47 Å². The van der Waals surface area contributed by atoms with E-state index in [-0.39, 0.29) is 29.3 Å². The maximum atomic E-state index is 13.4. The molecule has 0 aliphatic carbocycles. The molecule has 0 saturated carbocycles. The maximum absolute atomic E-state index is 13.4. The average Bonchev–Trinajstić information content (AvgIpc) is 2.84. The summed E-state index contributed by atoms with van der Waals surface area (Å²) in [7, 11) is 1.60. The molecule has 2 atom stereocenters. The number of amides is 1. The van der Waals surface area contributed by atoms with Crippen LogP contribution >= 0.6 is 0 Å². The third kappa shape index (κ3) is 6.17. The Balaban J connectivity index is 1.45. The number of carbonyl (C=O) groups excluding carboxylic acids is 1. The van der Waals surface area contributed by atoms with Gasteiger partial charge in [-0.05, 0) is 64.3 Å². The Morgan fingerprint density at radius 1 is 1.09 bits per heavy atom. The van der Waals surface area contributed by atoms with Gasteiger partial charge in [0.2, 0.25) is 0 Å². The second-order valence-corrected chi connectivity index (χ2v) is 10.6. The van der Waals surface area contributed by atoms with Gasteiger partial charge in [-0.25, -0.2) is 0 Å². The molecule has 190 valence electrons. The normalized spacial score (nSPS) is 22.1. The summed E-state index contributed by atoms with van der Waals surface area (Å²) in [4.78, 5) is 15.3. The third-order valence-electron chi connectivity index (χ3n) is 6.83. The van der Waals surface area contributed by atoms with Crippen molar-refractivity contribution >= 4 is 5.91 Å². The number of hydrogen-bond acceptors (Lipinski definition) is 5. The van der Waals surface area contributed by atoms with Gasteiger partial charge >= 0.3 is 0 Å². The third-order valence-corrected chi connectivity index (χ3v) is 6.83. The molecule has 0 N–H and O–H groups in total. The first kappa shape index (κ1) is 25.5. The second kappa shape index (κ2) is 10.6. The van der Waals surface area contributed by atoms with Crippen LogP contribution in [-0.4, -0.2) is 54.9 Å². The molecule has 1 amide bonds. The minimum Gasteiger partial charge on any atom is -0.493 e. The van der Waals surface area contributed by atoms with Crippen molar-refractivity contribution in [2.75, 3.05) is 26.8 Å². The monoisotopic (exact) mass is 481 g/mol. The van der Waals surface area contributed by atoms with Crippen LogP contribution in [0.25, 0.3) is 0 Å². The molecule has 2 unspecified atom stereocenters. The molecular weight excluding hydrogens is 442 g/mol. The molecule has 0 aromatic heterocycles. The lowest BCUT2D eigenvalue weighted by molar-refractivity contribution is -0.190. The molecule has 6 heteroatoms. The number of piperidine rings is 1. The zero-order valence-electron chi connectivity index (χ0n) is 21.7. The van der Waals surface area contributed by atoms with Crippen molar-refractivity contribution in [1.82, 2.24) is 4.90 Å². The molecule has 35 heavy (non-hydrogen) atoms. The minimum atomic E-state index is -0.350. The molecule has 2 heterocycles. The van der Waals surface area contributed by atoms with Crippen molar-refractivity contribution < 1.29 is 23.7 Å². The summed E-state index contributed by atoms with van der Waals surface area (Å²) < 4.78 is 24.3. The van der Waals surface area contributed by atoms with Gasteiger partial charge in [0, 0.05) is 38.1 Å². The summed E-state index contributed by atoms with van der Waals surface area (Å²) >= 11 is 0. The molecule has 6 nitrogen and oxygen atoms in total. The smallest absolute Gasteiger partial charge is 0.253 e. The first-order valence-corrected chi connectivity index (χ1v) is 12.7. The number of likely N-dealkylation sites (tertiary alicyclic amines) is 1. The standard InChI is InChI=1S/C29H39NO5/c1-6-33-23-19-25(21-10-8-7-9-11-21)35-29(20-23)14-16-30(17-15-29)27(31)22-12-13-24(26(18-22)32-5)34-28(2,3)4/h7-13,18,23,25H,6,14-17,19-20H2,1-5H3. The van der Waals surface area contributed by atoms with E-state index >= 15 is 0 Å². The molecule has 4 rings (SSSR count). The maximum Gasteiger partial charge on any atom is 0.253 e. The van der Waals surface area contributed by atoms with Crippen LogP contribution in [0, 0.1) is 0 Å². The SMILES string of the molecule is CCOC1CC(c2ccccc2)OC2(CCN(C(=O)c3ccc(OC(C)(C)C)c(OC)c3)CC2)C1. The van der Waals surface area contributed by atoms with Crippen LogP contribution in [0.2, 0.25) is 0 Å². The minimum absolute atomic E-state index is 0.0113. The van der Waals surface area contributed by atoms with Crippen LogP contribution in [0.4, 0.5) is 0 Å². The van der Waals surface area contributed by atoms with Gasteiger partial charge in [-0.3, -0.25) is 4.79 Å². The van der Waals surface area contributed by atoms with Crippen molar-refractivity contribution in [2.45, 2.75) is 76.8 Å². The van der Waals surface area contributed by atoms with Crippen molar-refractivity contribution in [3.8, 4) is 11.5 Å². The van der Waals surface area contributed by atoms with Crippen molar-refractivity contribution in [1.29, 1.82) is 0 Å². The highest BCUT2D eigenvalue weighted by Crippen LogP contribution is 2.44. The van der Waals surface area contributed by atoms with Gasteiger partial charge < -0.3 is 23.8 Å². The predicted octanol–water partition coefficient (Wildman–Crippen LogP) is 5.80. The van der Waals surface area contributed by atoms with Gasteiger partial charge in [0.05, 0.1) is 24.9 Å². The van der Waals surface area contributed by atoms with Crippen molar-refractivity contribution in [2.24, 2.45) is 0 Å². The van der Waals surface area contributed by atoms with Crippen molar-refractivity contribution in [3.63, 3.8) is 0 Å². The molecular formula is C29H39NO5. The average molecular weight is 482 g/mol. The summed E-state index contributed by atoms with van der Waals surface area (Å²) in [6, 6.07) is 15.8. The van der Waals surface area contributed by atoms with Crippen LogP contribution in [0.1, 0.15) is 75.4 Å². The number of carbonyl (C=O) groups is 1. The highest BCUT2D eigenvalue weighted by molar-refractivity contribution is 5.95. The Morgan fingerprint density at radius 2 is 1.80 bits per heavy atom. The van der Waals surface area contributed by atoms with E-state index < -0.39 is 0 Å². The highest BCUT2D eigenvalue weighted by atomic mass is 16.5. The van der Waals surface area contributed by atoms with Crippen molar-refractivity contribution in [3.05, 3.63) is 59.7 Å². The fraction of sp³-hybridized carbons (Fsp3) is 0.552. The Morgan fingerprint density at radius 3 is 2.43 bits per heavy atom. The molecule has 2 saturated heterocycles. The fourth-order valence-electron chi connectivity index (χ4n) is 5.21. The van der Waals surface area contributed by atoms with Crippen LogP contribution in [0.5, 0.6) is 11.5 Å². The van der Waals surface area contributed by atoms with Gasteiger partial charge in [-0.15, -0.1) is 0 Å². The Hall–Kier alpha value is -2.57. The number of hydrogen-bond donors (Lipinski definition) is 0. The molecule has 0 radical (unpaired) electrons. The second-order valence-electron chi connectivity index (χ2n) is 10.6. The van der Waals surface area contributed by atoms with Gasteiger partial charge in [0.15, 0.2) is 11.5 Å². The zero-order valence-corrected chi connectivity index (χ0v) is 21.7.